The van der Waals surface area contributed by atoms with Crippen LogP contribution in [0.25, 0.3) is 0 Å². The largest absolute Gasteiger partial charge is 0.396 e. The topological polar surface area (TPSA) is 41.3 Å². The van der Waals surface area contributed by atoms with Gasteiger partial charge in [0.05, 0.1) is 5.69 Å². The van der Waals surface area contributed by atoms with Gasteiger partial charge in [0.1, 0.15) is 5.82 Å². The molecule has 19 heavy (non-hydrogen) atoms. The highest BCUT2D eigenvalue weighted by Gasteiger charge is 2.28. The Morgan fingerprint density at radius 2 is 2.05 bits per heavy atom. The molecule has 3 nitrogen and oxygen atoms in total. The number of benzene rings is 1. The summed E-state index contributed by atoms with van der Waals surface area (Å²) in [6.07, 6.45) is 2.41. The summed E-state index contributed by atoms with van der Waals surface area (Å²) in [5, 5.41) is 3.43. The lowest BCUT2D eigenvalue weighted by molar-refractivity contribution is 0.137. The molecule has 1 aliphatic heterocycles. The number of piperidine rings is 1. The van der Waals surface area contributed by atoms with Crippen molar-refractivity contribution in [1.29, 1.82) is 0 Å². The first-order valence-corrected chi connectivity index (χ1v) is 6.92. The maximum Gasteiger partial charge on any atom is 0.146 e. The van der Waals surface area contributed by atoms with Crippen LogP contribution >= 0.6 is 0 Å². The molecule has 0 atom stereocenters. The van der Waals surface area contributed by atoms with Gasteiger partial charge in [-0.05, 0) is 50.0 Å². The van der Waals surface area contributed by atoms with Crippen molar-refractivity contribution < 1.29 is 4.39 Å². The van der Waals surface area contributed by atoms with Crippen molar-refractivity contribution in [3.63, 3.8) is 0 Å². The first-order valence-electron chi connectivity index (χ1n) is 6.92. The Kier molecular flexibility index (Phi) is 4.42. The van der Waals surface area contributed by atoms with E-state index in [0.717, 1.165) is 25.2 Å². The van der Waals surface area contributed by atoms with Crippen LogP contribution in [0, 0.1) is 11.2 Å². The summed E-state index contributed by atoms with van der Waals surface area (Å²) in [5.41, 5.74) is 7.18. The minimum Gasteiger partial charge on any atom is -0.396 e. The van der Waals surface area contributed by atoms with Gasteiger partial charge in [0.25, 0.3) is 0 Å². The number of halogens is 1. The summed E-state index contributed by atoms with van der Waals surface area (Å²) in [6, 6.07) is 4.99. The molecule has 0 radical (unpaired) electrons. The first kappa shape index (κ1) is 14.3. The summed E-state index contributed by atoms with van der Waals surface area (Å²) >= 11 is 0. The SMILES string of the molecule is CN1CCC(C)(CNCc2cccc(F)c2N)CC1. The smallest absolute Gasteiger partial charge is 0.146 e. The highest BCUT2D eigenvalue weighted by molar-refractivity contribution is 5.47. The maximum absolute atomic E-state index is 13.3. The average molecular weight is 265 g/mol. The highest BCUT2D eigenvalue weighted by Crippen LogP contribution is 2.29. The summed E-state index contributed by atoms with van der Waals surface area (Å²) in [6.45, 7) is 6.22. The van der Waals surface area contributed by atoms with Crippen molar-refractivity contribution in [3.05, 3.63) is 29.6 Å². The highest BCUT2D eigenvalue weighted by atomic mass is 19.1. The molecular weight excluding hydrogens is 241 g/mol. The van der Waals surface area contributed by atoms with E-state index in [1.807, 2.05) is 6.07 Å². The number of nitrogens with zero attached hydrogens (tertiary/aromatic N) is 1. The van der Waals surface area contributed by atoms with Crippen LogP contribution in [0.15, 0.2) is 18.2 Å². The average Bonchev–Trinajstić information content (AvgIpc) is 2.39. The fourth-order valence-corrected chi connectivity index (χ4v) is 2.57. The lowest BCUT2D eigenvalue weighted by atomic mass is 9.80. The van der Waals surface area contributed by atoms with Gasteiger partial charge in [-0.2, -0.15) is 0 Å². The first-order chi connectivity index (χ1) is 9.00. The summed E-state index contributed by atoms with van der Waals surface area (Å²) in [5.74, 6) is -0.329. The van der Waals surface area contributed by atoms with E-state index in [1.54, 1.807) is 6.07 Å². The van der Waals surface area contributed by atoms with E-state index in [9.17, 15) is 4.39 Å². The standard InChI is InChI=1S/C15H24FN3/c1-15(6-8-19(2)9-7-15)11-18-10-12-4-3-5-13(16)14(12)17/h3-5,18H,6-11,17H2,1-2H3. The second-order valence-corrected chi connectivity index (χ2v) is 6.03. The number of anilines is 1. The third kappa shape index (κ3) is 3.67. The van der Waals surface area contributed by atoms with E-state index in [0.29, 0.717) is 12.0 Å². The number of para-hydroxylation sites is 1. The van der Waals surface area contributed by atoms with E-state index >= 15 is 0 Å². The van der Waals surface area contributed by atoms with Crippen LogP contribution in [0.5, 0.6) is 0 Å². The molecule has 1 saturated heterocycles. The van der Waals surface area contributed by atoms with Gasteiger partial charge in [0, 0.05) is 13.1 Å². The van der Waals surface area contributed by atoms with Crippen molar-refractivity contribution in [2.75, 3.05) is 32.4 Å². The quantitative estimate of drug-likeness (QED) is 0.820. The maximum atomic E-state index is 13.3. The molecule has 3 N–H and O–H groups in total. The third-order valence-corrected chi connectivity index (χ3v) is 4.20. The van der Waals surface area contributed by atoms with Crippen molar-refractivity contribution >= 4 is 5.69 Å². The van der Waals surface area contributed by atoms with Crippen molar-refractivity contribution in [3.8, 4) is 0 Å². The fraction of sp³-hybridized carbons (Fsp3) is 0.600. The Morgan fingerprint density at radius 3 is 2.74 bits per heavy atom. The van der Waals surface area contributed by atoms with Crippen LogP contribution in [0.4, 0.5) is 10.1 Å². The minimum absolute atomic E-state index is 0.267. The molecule has 1 aromatic rings. The number of nitrogens with one attached hydrogen (secondary N) is 1. The zero-order chi connectivity index (χ0) is 13.9. The number of nitrogen functional groups attached to an aromatic ring is 1. The fourth-order valence-electron chi connectivity index (χ4n) is 2.57. The van der Waals surface area contributed by atoms with Crippen molar-refractivity contribution in [2.45, 2.75) is 26.3 Å². The second kappa shape index (κ2) is 5.88. The monoisotopic (exact) mass is 265 g/mol. The molecule has 1 aromatic carbocycles. The van der Waals surface area contributed by atoms with Gasteiger partial charge in [-0.3, -0.25) is 0 Å². The van der Waals surface area contributed by atoms with E-state index < -0.39 is 0 Å². The molecule has 106 valence electrons. The van der Waals surface area contributed by atoms with Crippen LogP contribution in [0.2, 0.25) is 0 Å². The van der Waals surface area contributed by atoms with E-state index in [1.165, 1.54) is 18.9 Å². The summed E-state index contributed by atoms with van der Waals surface area (Å²) in [7, 11) is 2.17. The van der Waals surface area contributed by atoms with Crippen LogP contribution in [-0.2, 0) is 6.54 Å². The number of hydrogen-bond acceptors (Lipinski definition) is 3. The van der Waals surface area contributed by atoms with Crippen LogP contribution < -0.4 is 11.1 Å². The number of rotatable bonds is 4. The van der Waals surface area contributed by atoms with E-state index in [4.69, 9.17) is 5.73 Å². The normalized spacial score (nSPS) is 19.5. The van der Waals surface area contributed by atoms with Gasteiger partial charge in [-0.25, -0.2) is 4.39 Å². The van der Waals surface area contributed by atoms with Gasteiger partial charge in [-0.15, -0.1) is 0 Å². The molecular formula is C15H24FN3. The van der Waals surface area contributed by atoms with Crippen molar-refractivity contribution in [1.82, 2.24) is 10.2 Å². The zero-order valence-corrected chi connectivity index (χ0v) is 11.9. The second-order valence-electron chi connectivity index (χ2n) is 6.03. The molecule has 0 spiro atoms. The molecule has 0 unspecified atom stereocenters. The Labute approximate surface area is 115 Å². The Hall–Kier alpha value is -1.13. The number of likely N-dealkylation sites (tertiary alicyclic amines) is 1. The summed E-state index contributed by atoms with van der Waals surface area (Å²) in [4.78, 5) is 2.37. The van der Waals surface area contributed by atoms with Gasteiger partial charge < -0.3 is 16.0 Å². The van der Waals surface area contributed by atoms with Crippen LogP contribution in [0.1, 0.15) is 25.3 Å². The predicted molar refractivity (Wildman–Crippen MR) is 77.4 cm³/mol. The van der Waals surface area contributed by atoms with E-state index in [2.05, 4.69) is 24.2 Å². The molecule has 1 aliphatic rings. The Bertz CT molecular complexity index is 425. The van der Waals surface area contributed by atoms with Gasteiger partial charge in [0.2, 0.25) is 0 Å². The molecule has 0 amide bonds. The van der Waals surface area contributed by atoms with Gasteiger partial charge >= 0.3 is 0 Å². The zero-order valence-electron chi connectivity index (χ0n) is 11.9. The van der Waals surface area contributed by atoms with E-state index in [-0.39, 0.29) is 11.5 Å². The minimum atomic E-state index is -0.329. The lowest BCUT2D eigenvalue weighted by Gasteiger charge is -2.38. The molecule has 1 heterocycles. The third-order valence-electron chi connectivity index (χ3n) is 4.20. The van der Waals surface area contributed by atoms with Crippen molar-refractivity contribution in [2.24, 2.45) is 5.41 Å². The lowest BCUT2D eigenvalue weighted by Crippen LogP contribution is -2.41. The molecule has 0 saturated carbocycles. The molecule has 0 aliphatic carbocycles. The molecule has 0 aromatic heterocycles. The van der Waals surface area contributed by atoms with Gasteiger partial charge in [0.15, 0.2) is 0 Å². The van der Waals surface area contributed by atoms with Crippen LogP contribution in [-0.4, -0.2) is 31.6 Å². The molecule has 4 heteroatoms. The Morgan fingerprint density at radius 1 is 1.37 bits per heavy atom. The molecule has 0 bridgehead atoms. The summed E-state index contributed by atoms with van der Waals surface area (Å²) < 4.78 is 13.3. The molecule has 2 rings (SSSR count). The van der Waals surface area contributed by atoms with Crippen LogP contribution in [0.3, 0.4) is 0 Å². The number of hydrogen-bond donors (Lipinski definition) is 2. The van der Waals surface area contributed by atoms with Gasteiger partial charge in [-0.1, -0.05) is 19.1 Å². The molecule has 1 fully saturated rings. The Balaban J connectivity index is 1.85. The number of nitrogens with two attached hydrogens (primary N) is 1. The predicted octanol–water partition coefficient (Wildman–Crippen LogP) is 2.23.